The summed E-state index contributed by atoms with van der Waals surface area (Å²) in [5.41, 5.74) is 0.950. The molecule has 22 heavy (non-hydrogen) atoms. The molecule has 1 aromatic heterocycles. The highest BCUT2D eigenvalue weighted by Crippen LogP contribution is 2.23. The van der Waals surface area contributed by atoms with Crippen molar-refractivity contribution >= 4 is 11.0 Å². The summed E-state index contributed by atoms with van der Waals surface area (Å²) in [6.07, 6.45) is -4.39. The van der Waals surface area contributed by atoms with E-state index in [1.165, 1.54) is 6.07 Å². The van der Waals surface area contributed by atoms with Crippen molar-refractivity contribution in [3.63, 3.8) is 0 Å². The molecule has 0 saturated heterocycles. The van der Waals surface area contributed by atoms with Crippen molar-refractivity contribution in [2.24, 2.45) is 0 Å². The van der Waals surface area contributed by atoms with Crippen molar-refractivity contribution in [3.05, 3.63) is 23.5 Å². The Hall–Kier alpha value is -1.15. The highest BCUT2D eigenvalue weighted by Gasteiger charge is 2.29. The molecule has 2 atom stereocenters. The molecule has 8 heteroatoms. The third kappa shape index (κ3) is 5.92. The van der Waals surface area contributed by atoms with E-state index in [0.29, 0.717) is 11.4 Å². The van der Waals surface area contributed by atoms with Gasteiger partial charge in [0, 0.05) is 0 Å². The minimum absolute atomic E-state index is 0.0882. The number of aromatic nitrogens is 1. The van der Waals surface area contributed by atoms with Crippen LogP contribution in [-0.2, 0) is 11.0 Å². The highest BCUT2D eigenvalue weighted by atomic mass is 32.2. The summed E-state index contributed by atoms with van der Waals surface area (Å²) in [4.78, 5) is 4.22. The van der Waals surface area contributed by atoms with Crippen LogP contribution in [0, 0.1) is 6.92 Å². The lowest BCUT2D eigenvalue weighted by Gasteiger charge is -2.22. The molecular weight excluding hydrogens is 317 g/mol. The topological polar surface area (TPSA) is 51.2 Å². The smallest absolute Gasteiger partial charge is 0.422 e. The molecule has 1 N–H and O–H groups in total. The molecule has 4 nitrogen and oxygen atoms in total. The third-order valence-corrected chi connectivity index (χ3v) is 4.41. The number of hydrogen-bond donors (Lipinski definition) is 1. The largest absolute Gasteiger partial charge is 0.482 e. The van der Waals surface area contributed by atoms with Gasteiger partial charge in [-0.25, -0.2) is 8.93 Å². The minimum atomic E-state index is -4.39. The van der Waals surface area contributed by atoms with Gasteiger partial charge >= 0.3 is 6.18 Å². The number of ether oxygens (including phenoxy) is 1. The molecule has 1 rings (SSSR count). The predicted molar refractivity (Wildman–Crippen MR) is 80.0 cm³/mol. The normalized spacial score (nSPS) is 15.5. The van der Waals surface area contributed by atoms with E-state index >= 15 is 0 Å². The number of halogens is 3. The molecule has 0 fully saturated rings. The average molecular weight is 338 g/mol. The fourth-order valence-electron chi connectivity index (χ4n) is 1.52. The number of pyridine rings is 1. The van der Waals surface area contributed by atoms with E-state index in [4.69, 9.17) is 4.74 Å². The van der Waals surface area contributed by atoms with E-state index in [1.807, 2.05) is 20.8 Å². The van der Waals surface area contributed by atoms with Crippen molar-refractivity contribution in [2.75, 3.05) is 6.61 Å². The SMILES string of the molecule is Cc1nc([C@@H](C)N[S@](=O)C(C)(C)C)ccc1OCC(F)(F)F. The number of hydrogen-bond acceptors (Lipinski definition) is 3. The van der Waals surface area contributed by atoms with Crippen LogP contribution in [0.15, 0.2) is 12.1 Å². The van der Waals surface area contributed by atoms with Crippen LogP contribution < -0.4 is 9.46 Å². The van der Waals surface area contributed by atoms with Gasteiger partial charge in [-0.2, -0.15) is 13.2 Å². The van der Waals surface area contributed by atoms with Crippen molar-refractivity contribution in [1.29, 1.82) is 0 Å². The van der Waals surface area contributed by atoms with Crippen LogP contribution in [0.4, 0.5) is 13.2 Å². The summed E-state index contributed by atoms with van der Waals surface area (Å²) in [7, 11) is -1.27. The van der Waals surface area contributed by atoms with Gasteiger partial charge < -0.3 is 4.74 Å². The van der Waals surface area contributed by atoms with Crippen molar-refractivity contribution in [1.82, 2.24) is 9.71 Å². The number of alkyl halides is 3. The zero-order chi connectivity index (χ0) is 17.1. The van der Waals surface area contributed by atoms with Gasteiger partial charge in [-0.1, -0.05) is 0 Å². The molecule has 0 aromatic carbocycles. The molecule has 126 valence electrons. The monoisotopic (exact) mass is 338 g/mol. The second kappa shape index (κ2) is 6.95. The van der Waals surface area contributed by atoms with E-state index in [2.05, 4.69) is 9.71 Å². The van der Waals surface area contributed by atoms with Gasteiger partial charge in [-0.3, -0.25) is 4.98 Å². The van der Waals surface area contributed by atoms with Crippen LogP contribution in [0.3, 0.4) is 0 Å². The summed E-state index contributed by atoms with van der Waals surface area (Å²) < 4.78 is 55.7. The van der Waals surface area contributed by atoms with Gasteiger partial charge in [0.2, 0.25) is 0 Å². The number of nitrogens with one attached hydrogen (secondary N) is 1. The molecule has 0 aliphatic rings. The van der Waals surface area contributed by atoms with Crippen molar-refractivity contribution in [3.8, 4) is 5.75 Å². The standard InChI is InChI=1S/C14H21F3N2O2S/c1-9(19-22(20)13(3,4)5)11-6-7-12(10(2)18-11)21-8-14(15,16)17/h6-7,9,19H,8H2,1-5H3/t9-,22-/m1/s1. The quantitative estimate of drug-likeness (QED) is 0.895. The lowest BCUT2D eigenvalue weighted by Crippen LogP contribution is -2.35. The van der Waals surface area contributed by atoms with Crippen LogP contribution in [0.5, 0.6) is 5.75 Å². The van der Waals surface area contributed by atoms with E-state index in [-0.39, 0.29) is 11.8 Å². The number of rotatable bonds is 5. The van der Waals surface area contributed by atoms with Gasteiger partial charge in [0.1, 0.15) is 5.75 Å². The molecular formula is C14H21F3N2O2S. The fraction of sp³-hybridized carbons (Fsp3) is 0.643. The molecule has 0 unspecified atom stereocenters. The summed E-state index contributed by atoms with van der Waals surface area (Å²) in [5, 5.41) is 0. The molecule has 1 heterocycles. The first-order valence-electron chi connectivity index (χ1n) is 6.75. The zero-order valence-corrected chi connectivity index (χ0v) is 14.1. The first kappa shape index (κ1) is 18.9. The van der Waals surface area contributed by atoms with Crippen LogP contribution in [0.2, 0.25) is 0 Å². The molecule has 0 aliphatic carbocycles. The van der Waals surface area contributed by atoms with Crippen molar-refractivity contribution < 1.29 is 22.1 Å². The first-order chi connectivity index (χ1) is 9.90. The maximum Gasteiger partial charge on any atom is 0.422 e. The summed E-state index contributed by atoms with van der Waals surface area (Å²) in [5.74, 6) is 0.0882. The number of nitrogens with zero attached hydrogens (tertiary/aromatic N) is 1. The predicted octanol–water partition coefficient (Wildman–Crippen LogP) is 3.44. The summed E-state index contributed by atoms with van der Waals surface area (Å²) in [6, 6.07) is 2.72. The molecule has 0 spiro atoms. The third-order valence-electron chi connectivity index (χ3n) is 2.73. The van der Waals surface area contributed by atoms with Gasteiger partial charge in [0.25, 0.3) is 0 Å². The van der Waals surface area contributed by atoms with Crippen LogP contribution in [0.25, 0.3) is 0 Å². The second-order valence-corrected chi connectivity index (χ2v) is 7.94. The van der Waals surface area contributed by atoms with Gasteiger partial charge in [0.05, 0.1) is 33.2 Å². The Morgan fingerprint density at radius 3 is 2.36 bits per heavy atom. The maximum absolute atomic E-state index is 12.1. The van der Waals surface area contributed by atoms with Crippen LogP contribution in [-0.4, -0.2) is 26.7 Å². The van der Waals surface area contributed by atoms with Crippen molar-refractivity contribution in [2.45, 2.75) is 51.6 Å². The van der Waals surface area contributed by atoms with E-state index in [0.717, 1.165) is 0 Å². The maximum atomic E-state index is 12.1. The van der Waals surface area contributed by atoms with Crippen LogP contribution >= 0.6 is 0 Å². The van der Waals surface area contributed by atoms with E-state index in [9.17, 15) is 17.4 Å². The molecule has 1 aromatic rings. The second-order valence-electron chi connectivity index (χ2n) is 5.94. The zero-order valence-electron chi connectivity index (χ0n) is 13.2. The van der Waals surface area contributed by atoms with Gasteiger partial charge in [-0.05, 0) is 46.8 Å². The number of aryl methyl sites for hydroxylation is 1. The van der Waals surface area contributed by atoms with Crippen LogP contribution in [0.1, 0.15) is 45.1 Å². The Bertz CT molecular complexity index is 542. The van der Waals surface area contributed by atoms with E-state index in [1.54, 1.807) is 19.9 Å². The first-order valence-corrected chi connectivity index (χ1v) is 7.90. The Balaban J connectivity index is 2.78. The molecule has 0 bridgehead atoms. The Morgan fingerprint density at radius 1 is 1.32 bits per heavy atom. The molecule has 0 aliphatic heterocycles. The summed E-state index contributed by atoms with van der Waals surface area (Å²) >= 11 is 0. The lowest BCUT2D eigenvalue weighted by atomic mass is 10.2. The summed E-state index contributed by atoms with van der Waals surface area (Å²) in [6.45, 7) is 7.54. The Morgan fingerprint density at radius 2 is 1.91 bits per heavy atom. The average Bonchev–Trinajstić information content (AvgIpc) is 2.34. The minimum Gasteiger partial charge on any atom is -0.482 e. The molecule has 0 amide bonds. The molecule has 0 radical (unpaired) electrons. The highest BCUT2D eigenvalue weighted by molar-refractivity contribution is 7.84. The van der Waals surface area contributed by atoms with Gasteiger partial charge in [0.15, 0.2) is 6.61 Å². The fourth-order valence-corrected chi connectivity index (χ4v) is 2.31. The molecule has 0 saturated carbocycles. The van der Waals surface area contributed by atoms with E-state index < -0.39 is 28.5 Å². The lowest BCUT2D eigenvalue weighted by molar-refractivity contribution is -0.153. The Labute approximate surface area is 131 Å². The Kier molecular flexibility index (Phi) is 5.97. The van der Waals surface area contributed by atoms with Gasteiger partial charge in [-0.15, -0.1) is 0 Å².